The molecule has 0 aliphatic heterocycles. The summed E-state index contributed by atoms with van der Waals surface area (Å²) in [4.78, 5) is 18.2. The molecule has 0 saturated heterocycles. The van der Waals surface area contributed by atoms with Gasteiger partial charge in [-0.1, -0.05) is 47.5 Å². The normalized spacial score (nSPS) is 11.9. The van der Waals surface area contributed by atoms with Crippen LogP contribution < -0.4 is 5.32 Å². The molecule has 0 fully saturated rings. The second-order valence-corrected chi connectivity index (χ2v) is 8.68. The molecule has 1 aromatic heterocycles. The van der Waals surface area contributed by atoms with E-state index in [1.54, 1.807) is 24.3 Å². The van der Waals surface area contributed by atoms with Gasteiger partial charge in [0.15, 0.2) is 5.69 Å². The highest BCUT2D eigenvalue weighted by Crippen LogP contribution is 2.30. The molecule has 0 radical (unpaired) electrons. The van der Waals surface area contributed by atoms with Crippen molar-refractivity contribution in [3.63, 3.8) is 0 Å². The standard InChI is InChI=1S/C23H22Cl2F3N3O2/c1-14(2)29-22(32)20-13-33-21(30-20)12-31(11-16-6-7-18(24)9-19(16)25)10-15-4-3-5-17(8-15)23(26,27)28/h3-9,13-14H,10-12H2,1-2H3,(H,29,32). The Labute approximate surface area is 199 Å². The van der Waals surface area contributed by atoms with Crippen molar-refractivity contribution >= 4 is 29.1 Å². The SMILES string of the molecule is CC(C)NC(=O)c1coc(CN(Cc2cccc(C(F)(F)F)c2)Cc2ccc(Cl)cc2Cl)n1. The molecule has 5 nitrogen and oxygen atoms in total. The van der Waals surface area contributed by atoms with Gasteiger partial charge in [-0.05, 0) is 43.2 Å². The van der Waals surface area contributed by atoms with E-state index in [1.165, 1.54) is 12.3 Å². The summed E-state index contributed by atoms with van der Waals surface area (Å²) in [6, 6.07) is 10.1. The molecule has 0 spiro atoms. The first-order valence-corrected chi connectivity index (χ1v) is 10.8. The number of nitrogens with one attached hydrogen (secondary N) is 1. The molecule has 33 heavy (non-hydrogen) atoms. The average Bonchev–Trinajstić information content (AvgIpc) is 3.18. The topological polar surface area (TPSA) is 58.4 Å². The third-order valence-corrected chi connectivity index (χ3v) is 5.22. The Morgan fingerprint density at radius 2 is 1.88 bits per heavy atom. The van der Waals surface area contributed by atoms with Crippen molar-refractivity contribution < 1.29 is 22.4 Å². The van der Waals surface area contributed by atoms with E-state index < -0.39 is 11.7 Å². The van der Waals surface area contributed by atoms with Crippen molar-refractivity contribution in [1.82, 2.24) is 15.2 Å². The van der Waals surface area contributed by atoms with Crippen molar-refractivity contribution in [3.8, 4) is 0 Å². The number of carbonyl (C=O) groups excluding carboxylic acids is 1. The highest BCUT2D eigenvalue weighted by molar-refractivity contribution is 6.35. The van der Waals surface area contributed by atoms with E-state index in [4.69, 9.17) is 27.6 Å². The molecule has 0 aliphatic carbocycles. The van der Waals surface area contributed by atoms with Crippen LogP contribution in [0.5, 0.6) is 0 Å². The lowest BCUT2D eigenvalue weighted by molar-refractivity contribution is -0.137. The summed E-state index contributed by atoms with van der Waals surface area (Å²) in [6.45, 7) is 4.25. The van der Waals surface area contributed by atoms with Gasteiger partial charge in [0.05, 0.1) is 12.1 Å². The Morgan fingerprint density at radius 3 is 2.55 bits per heavy atom. The number of amides is 1. The first-order valence-electron chi connectivity index (χ1n) is 10.1. The van der Waals surface area contributed by atoms with Gasteiger partial charge in [0.1, 0.15) is 6.26 Å². The lowest BCUT2D eigenvalue weighted by atomic mass is 10.1. The molecule has 0 atom stereocenters. The van der Waals surface area contributed by atoms with Crippen LogP contribution in [0.3, 0.4) is 0 Å². The summed E-state index contributed by atoms with van der Waals surface area (Å²) in [5.41, 5.74) is 0.590. The first kappa shape index (κ1) is 25.1. The quantitative estimate of drug-likeness (QED) is 0.392. The van der Waals surface area contributed by atoms with Crippen molar-refractivity contribution in [1.29, 1.82) is 0 Å². The highest BCUT2D eigenvalue weighted by Gasteiger charge is 2.30. The van der Waals surface area contributed by atoms with E-state index in [-0.39, 0.29) is 36.6 Å². The summed E-state index contributed by atoms with van der Waals surface area (Å²) in [6.07, 6.45) is -3.19. The van der Waals surface area contributed by atoms with Gasteiger partial charge in [-0.15, -0.1) is 0 Å². The predicted molar refractivity (Wildman–Crippen MR) is 120 cm³/mol. The number of hydrogen-bond acceptors (Lipinski definition) is 4. The number of halogens is 5. The third-order valence-electron chi connectivity index (χ3n) is 4.63. The van der Waals surface area contributed by atoms with E-state index in [0.717, 1.165) is 17.7 Å². The smallest absolute Gasteiger partial charge is 0.416 e. The molecule has 0 bridgehead atoms. The Morgan fingerprint density at radius 1 is 1.12 bits per heavy atom. The molecule has 2 aromatic carbocycles. The number of oxazole rings is 1. The van der Waals surface area contributed by atoms with Crippen LogP contribution in [0.25, 0.3) is 0 Å². The van der Waals surface area contributed by atoms with Crippen molar-refractivity contribution in [2.24, 2.45) is 0 Å². The molecule has 176 valence electrons. The lowest BCUT2D eigenvalue weighted by Crippen LogP contribution is -2.30. The Hall–Kier alpha value is -2.55. The zero-order valence-electron chi connectivity index (χ0n) is 17.9. The predicted octanol–water partition coefficient (Wildman–Crippen LogP) is 6.34. The number of benzene rings is 2. The van der Waals surface area contributed by atoms with E-state index >= 15 is 0 Å². The van der Waals surface area contributed by atoms with Crippen LogP contribution in [0.4, 0.5) is 13.2 Å². The zero-order chi connectivity index (χ0) is 24.2. The van der Waals surface area contributed by atoms with E-state index in [1.807, 2.05) is 18.7 Å². The molecule has 0 aliphatic rings. The van der Waals surface area contributed by atoms with Gasteiger partial charge in [0.25, 0.3) is 5.91 Å². The minimum atomic E-state index is -4.44. The molecule has 3 rings (SSSR count). The molecule has 1 heterocycles. The minimum Gasteiger partial charge on any atom is -0.447 e. The number of nitrogens with zero attached hydrogens (tertiary/aromatic N) is 2. The van der Waals surface area contributed by atoms with Crippen molar-refractivity contribution in [2.45, 2.75) is 45.7 Å². The van der Waals surface area contributed by atoms with Crippen LogP contribution >= 0.6 is 23.2 Å². The lowest BCUT2D eigenvalue weighted by Gasteiger charge is -2.22. The van der Waals surface area contributed by atoms with Crippen LogP contribution in [0.1, 0.15) is 46.9 Å². The van der Waals surface area contributed by atoms with Crippen LogP contribution in [-0.4, -0.2) is 21.8 Å². The number of alkyl halides is 3. The van der Waals surface area contributed by atoms with Crippen LogP contribution in [-0.2, 0) is 25.8 Å². The first-order chi connectivity index (χ1) is 15.5. The number of rotatable bonds is 8. The molecule has 0 saturated carbocycles. The minimum absolute atomic E-state index is 0.0675. The maximum absolute atomic E-state index is 13.2. The molecule has 1 amide bonds. The van der Waals surface area contributed by atoms with E-state index in [2.05, 4.69) is 10.3 Å². The molecular formula is C23H22Cl2F3N3O2. The number of aromatic nitrogens is 1. The largest absolute Gasteiger partial charge is 0.447 e. The van der Waals surface area contributed by atoms with Gasteiger partial charge in [-0.3, -0.25) is 9.69 Å². The summed E-state index contributed by atoms with van der Waals surface area (Å²) in [5.74, 6) is -0.119. The monoisotopic (exact) mass is 499 g/mol. The third kappa shape index (κ3) is 7.22. The van der Waals surface area contributed by atoms with Gasteiger partial charge < -0.3 is 9.73 Å². The van der Waals surface area contributed by atoms with Crippen LogP contribution in [0.2, 0.25) is 10.0 Å². The summed E-state index contributed by atoms with van der Waals surface area (Å²) >= 11 is 12.3. The average molecular weight is 500 g/mol. The maximum atomic E-state index is 13.2. The zero-order valence-corrected chi connectivity index (χ0v) is 19.4. The van der Waals surface area contributed by atoms with Gasteiger partial charge >= 0.3 is 6.18 Å². The number of carbonyl (C=O) groups is 1. The second-order valence-electron chi connectivity index (χ2n) is 7.83. The fraction of sp³-hybridized carbons (Fsp3) is 0.304. The molecule has 1 N–H and O–H groups in total. The maximum Gasteiger partial charge on any atom is 0.416 e. The van der Waals surface area contributed by atoms with Crippen LogP contribution in [0, 0.1) is 0 Å². The van der Waals surface area contributed by atoms with Crippen molar-refractivity contribution in [3.05, 3.63) is 87.0 Å². The highest BCUT2D eigenvalue weighted by atomic mass is 35.5. The second kappa shape index (κ2) is 10.6. The van der Waals surface area contributed by atoms with E-state index in [9.17, 15) is 18.0 Å². The van der Waals surface area contributed by atoms with Crippen molar-refractivity contribution in [2.75, 3.05) is 0 Å². The summed E-state index contributed by atoms with van der Waals surface area (Å²) < 4.78 is 44.9. The summed E-state index contributed by atoms with van der Waals surface area (Å²) in [5, 5.41) is 3.63. The Bertz CT molecular complexity index is 1120. The van der Waals surface area contributed by atoms with Crippen LogP contribution in [0.15, 0.2) is 53.1 Å². The van der Waals surface area contributed by atoms with Gasteiger partial charge in [-0.25, -0.2) is 4.98 Å². The molecule has 3 aromatic rings. The fourth-order valence-electron chi connectivity index (χ4n) is 3.18. The molecule has 10 heteroatoms. The van der Waals surface area contributed by atoms with Gasteiger partial charge in [0.2, 0.25) is 5.89 Å². The van der Waals surface area contributed by atoms with Gasteiger partial charge in [-0.2, -0.15) is 13.2 Å². The van der Waals surface area contributed by atoms with Gasteiger partial charge in [0, 0.05) is 29.2 Å². The molecule has 0 unspecified atom stereocenters. The Kier molecular flexibility index (Phi) is 8.05. The fourth-order valence-corrected chi connectivity index (χ4v) is 3.65. The van der Waals surface area contributed by atoms with E-state index in [0.29, 0.717) is 22.2 Å². The summed E-state index contributed by atoms with van der Waals surface area (Å²) in [7, 11) is 0. The Balaban J connectivity index is 1.84. The number of hydrogen-bond donors (Lipinski definition) is 1. The molecular weight excluding hydrogens is 478 g/mol.